The Morgan fingerprint density at radius 2 is 1.82 bits per heavy atom. The summed E-state index contributed by atoms with van der Waals surface area (Å²) in [5, 5.41) is 27.3. The highest BCUT2D eigenvalue weighted by atomic mass is 16.5. The Morgan fingerprint density at radius 3 is 2.35 bits per heavy atom. The molecule has 92 valence electrons. The fourth-order valence-electron chi connectivity index (χ4n) is 1.33. The average Bonchev–Trinajstić information content (AvgIpc) is 2.23. The Hall–Kier alpha value is -2.24. The van der Waals surface area contributed by atoms with Gasteiger partial charge < -0.3 is 20.1 Å². The second kappa shape index (κ2) is 5.20. The van der Waals surface area contributed by atoms with Crippen LogP contribution in [0.5, 0.6) is 11.5 Å². The predicted molar refractivity (Wildman–Crippen MR) is 57.1 cm³/mol. The van der Waals surface area contributed by atoms with Crippen molar-refractivity contribution in [2.75, 3.05) is 6.61 Å². The first-order valence-electron chi connectivity index (χ1n) is 4.89. The summed E-state index contributed by atoms with van der Waals surface area (Å²) in [5.41, 5.74) is -0.153. The van der Waals surface area contributed by atoms with E-state index < -0.39 is 23.4 Å². The van der Waals surface area contributed by atoms with E-state index >= 15 is 0 Å². The van der Waals surface area contributed by atoms with Crippen molar-refractivity contribution in [1.82, 2.24) is 0 Å². The van der Waals surface area contributed by atoms with Crippen LogP contribution in [0.15, 0.2) is 12.1 Å². The SMILES string of the molecule is CCOC(=O)Cc1cc(O)c(O)cc1C(=O)O. The van der Waals surface area contributed by atoms with E-state index in [1.54, 1.807) is 6.92 Å². The molecule has 0 saturated carbocycles. The van der Waals surface area contributed by atoms with Crippen molar-refractivity contribution in [2.45, 2.75) is 13.3 Å². The fraction of sp³-hybridized carbons (Fsp3) is 0.273. The molecule has 0 aliphatic rings. The molecule has 0 atom stereocenters. The molecule has 0 radical (unpaired) electrons. The van der Waals surface area contributed by atoms with Gasteiger partial charge in [0, 0.05) is 0 Å². The van der Waals surface area contributed by atoms with Crippen LogP contribution in [0.2, 0.25) is 0 Å². The summed E-state index contributed by atoms with van der Waals surface area (Å²) >= 11 is 0. The van der Waals surface area contributed by atoms with Crippen LogP contribution in [0.3, 0.4) is 0 Å². The minimum Gasteiger partial charge on any atom is -0.504 e. The summed E-state index contributed by atoms with van der Waals surface area (Å²) in [6.45, 7) is 1.82. The summed E-state index contributed by atoms with van der Waals surface area (Å²) in [5.74, 6) is -2.91. The van der Waals surface area contributed by atoms with Gasteiger partial charge in [0.25, 0.3) is 0 Å². The molecule has 0 bridgehead atoms. The van der Waals surface area contributed by atoms with Crippen molar-refractivity contribution in [3.8, 4) is 11.5 Å². The van der Waals surface area contributed by atoms with Crippen LogP contribution in [0, 0.1) is 0 Å². The van der Waals surface area contributed by atoms with E-state index in [-0.39, 0.29) is 24.2 Å². The number of hydrogen-bond acceptors (Lipinski definition) is 5. The number of rotatable bonds is 4. The molecule has 1 aromatic rings. The number of aromatic hydroxyl groups is 2. The first kappa shape index (κ1) is 12.8. The zero-order chi connectivity index (χ0) is 13.0. The zero-order valence-electron chi connectivity index (χ0n) is 9.14. The number of benzene rings is 1. The Kier molecular flexibility index (Phi) is 3.92. The van der Waals surface area contributed by atoms with Crippen molar-refractivity contribution >= 4 is 11.9 Å². The lowest BCUT2D eigenvalue weighted by Crippen LogP contribution is -2.11. The third-order valence-corrected chi connectivity index (χ3v) is 2.07. The quantitative estimate of drug-likeness (QED) is 0.533. The molecule has 0 saturated heterocycles. The molecule has 0 unspecified atom stereocenters. The van der Waals surface area contributed by atoms with Crippen LogP contribution in [0.1, 0.15) is 22.8 Å². The van der Waals surface area contributed by atoms with Crippen molar-refractivity contribution in [3.05, 3.63) is 23.3 Å². The number of aromatic carboxylic acids is 1. The van der Waals surface area contributed by atoms with Crippen molar-refractivity contribution < 1.29 is 29.6 Å². The van der Waals surface area contributed by atoms with Crippen LogP contribution in [-0.2, 0) is 16.0 Å². The molecule has 0 aliphatic carbocycles. The molecule has 1 rings (SSSR count). The summed E-state index contributed by atoms with van der Waals surface area (Å²) < 4.78 is 4.67. The van der Waals surface area contributed by atoms with Crippen molar-refractivity contribution in [3.63, 3.8) is 0 Å². The fourth-order valence-corrected chi connectivity index (χ4v) is 1.33. The summed E-state index contributed by atoms with van der Waals surface area (Å²) in [6.07, 6.45) is -0.274. The molecule has 3 N–H and O–H groups in total. The zero-order valence-corrected chi connectivity index (χ0v) is 9.14. The van der Waals surface area contributed by atoms with E-state index in [1.165, 1.54) is 0 Å². The summed E-state index contributed by atoms with van der Waals surface area (Å²) in [4.78, 5) is 22.1. The minimum absolute atomic E-state index is 0.0891. The lowest BCUT2D eigenvalue weighted by Gasteiger charge is -2.07. The monoisotopic (exact) mass is 240 g/mol. The van der Waals surface area contributed by atoms with Crippen LogP contribution in [-0.4, -0.2) is 33.9 Å². The van der Waals surface area contributed by atoms with Crippen molar-refractivity contribution in [1.29, 1.82) is 0 Å². The molecule has 0 fully saturated rings. The average molecular weight is 240 g/mol. The van der Waals surface area contributed by atoms with Crippen LogP contribution in [0.4, 0.5) is 0 Å². The second-order valence-corrected chi connectivity index (χ2v) is 3.29. The number of hydrogen-bond donors (Lipinski definition) is 3. The van der Waals surface area contributed by atoms with E-state index in [4.69, 9.17) is 5.11 Å². The first-order valence-corrected chi connectivity index (χ1v) is 4.89. The van der Waals surface area contributed by atoms with Gasteiger partial charge in [-0.3, -0.25) is 4.79 Å². The van der Waals surface area contributed by atoms with Gasteiger partial charge in [-0.25, -0.2) is 4.79 Å². The highest BCUT2D eigenvalue weighted by Crippen LogP contribution is 2.28. The summed E-state index contributed by atoms with van der Waals surface area (Å²) in [7, 11) is 0. The number of carbonyl (C=O) groups is 2. The topological polar surface area (TPSA) is 104 Å². The third kappa shape index (κ3) is 3.10. The third-order valence-electron chi connectivity index (χ3n) is 2.07. The van der Waals surface area contributed by atoms with E-state index in [2.05, 4.69) is 4.74 Å². The molecular formula is C11H12O6. The lowest BCUT2D eigenvalue weighted by molar-refractivity contribution is -0.142. The first-order chi connectivity index (χ1) is 7.95. The molecule has 6 heteroatoms. The van der Waals surface area contributed by atoms with Crippen LogP contribution >= 0.6 is 0 Å². The molecule has 0 spiro atoms. The van der Waals surface area contributed by atoms with Gasteiger partial charge in [0.1, 0.15) is 0 Å². The number of phenolic OH excluding ortho intramolecular Hbond substituents is 2. The standard InChI is InChI=1S/C11H12O6/c1-2-17-10(14)4-6-3-8(12)9(13)5-7(6)11(15)16/h3,5,12-13H,2,4H2,1H3,(H,15,16). The second-order valence-electron chi connectivity index (χ2n) is 3.29. The largest absolute Gasteiger partial charge is 0.504 e. The molecule has 0 heterocycles. The Labute approximate surface area is 97.1 Å². The molecular weight excluding hydrogens is 228 g/mol. The van der Waals surface area contributed by atoms with E-state index in [0.29, 0.717) is 0 Å². The molecule has 0 amide bonds. The van der Waals surface area contributed by atoms with Gasteiger partial charge in [0.15, 0.2) is 11.5 Å². The van der Waals surface area contributed by atoms with Gasteiger partial charge in [0.05, 0.1) is 18.6 Å². The van der Waals surface area contributed by atoms with E-state index in [1.807, 2.05) is 0 Å². The maximum atomic E-state index is 11.2. The van der Waals surface area contributed by atoms with Gasteiger partial charge in [-0.1, -0.05) is 0 Å². The minimum atomic E-state index is -1.29. The highest BCUT2D eigenvalue weighted by molar-refractivity contribution is 5.92. The van der Waals surface area contributed by atoms with Gasteiger partial charge in [-0.2, -0.15) is 0 Å². The Morgan fingerprint density at radius 1 is 1.24 bits per heavy atom. The number of carboxylic acids is 1. The van der Waals surface area contributed by atoms with Gasteiger partial charge in [-0.05, 0) is 24.6 Å². The van der Waals surface area contributed by atoms with Gasteiger partial charge in [0.2, 0.25) is 0 Å². The molecule has 6 nitrogen and oxygen atoms in total. The Balaban J connectivity index is 3.08. The Bertz CT molecular complexity index is 452. The number of phenols is 2. The molecule has 17 heavy (non-hydrogen) atoms. The number of carboxylic acid groups (broad SMARTS) is 1. The molecule has 0 aromatic heterocycles. The normalized spacial score (nSPS) is 9.94. The summed E-state index contributed by atoms with van der Waals surface area (Å²) in [6, 6.07) is 1.93. The molecule has 1 aromatic carbocycles. The maximum absolute atomic E-state index is 11.2. The smallest absolute Gasteiger partial charge is 0.336 e. The number of ether oxygens (including phenoxy) is 1. The lowest BCUT2D eigenvalue weighted by atomic mass is 10.0. The number of carbonyl (C=O) groups excluding carboxylic acids is 1. The predicted octanol–water partition coefficient (Wildman–Crippen LogP) is 0.902. The van der Waals surface area contributed by atoms with Crippen molar-refractivity contribution in [2.24, 2.45) is 0 Å². The maximum Gasteiger partial charge on any atom is 0.336 e. The van der Waals surface area contributed by atoms with Crippen LogP contribution in [0.25, 0.3) is 0 Å². The number of esters is 1. The molecule has 0 aliphatic heterocycles. The van der Waals surface area contributed by atoms with Gasteiger partial charge >= 0.3 is 11.9 Å². The highest BCUT2D eigenvalue weighted by Gasteiger charge is 2.17. The van der Waals surface area contributed by atoms with Crippen LogP contribution < -0.4 is 0 Å². The van der Waals surface area contributed by atoms with E-state index in [0.717, 1.165) is 12.1 Å². The van der Waals surface area contributed by atoms with E-state index in [9.17, 15) is 19.8 Å². The van der Waals surface area contributed by atoms with Gasteiger partial charge in [-0.15, -0.1) is 0 Å².